The van der Waals surface area contributed by atoms with Crippen LogP contribution in [-0.4, -0.2) is 98.0 Å². The van der Waals surface area contributed by atoms with Gasteiger partial charge in [-0.3, -0.25) is 28.8 Å². The van der Waals surface area contributed by atoms with Crippen LogP contribution in [0.1, 0.15) is 117 Å². The number of nitrogens with one attached hydrogen (secondary N) is 1. The molecule has 0 radical (unpaired) electrons. The number of nitrogens with two attached hydrogens (primary N) is 3. The lowest BCUT2D eigenvalue weighted by molar-refractivity contribution is -0.142. The van der Waals surface area contributed by atoms with Crippen LogP contribution in [0.5, 0.6) is 11.5 Å². The number of ketones is 4. The van der Waals surface area contributed by atoms with Crippen molar-refractivity contribution in [3.8, 4) is 22.6 Å². The Morgan fingerprint density at radius 2 is 1.54 bits per heavy atom. The molecule has 3 aromatic rings. The zero-order valence-electron chi connectivity index (χ0n) is 40.4. The molecule has 4 bridgehead atoms. The quantitative estimate of drug-likeness (QED) is 0.0580. The van der Waals surface area contributed by atoms with Gasteiger partial charge < -0.3 is 36.9 Å². The Kier molecular flexibility index (Phi) is 20.2. The summed E-state index contributed by atoms with van der Waals surface area (Å²) in [6.45, 7) is 8.20. The molecule has 366 valence electrons. The summed E-state index contributed by atoms with van der Waals surface area (Å²) in [6.07, 6.45) is 6.35. The number of carbonyl (C=O) groups excluding carboxylic acids is 6. The summed E-state index contributed by atoms with van der Waals surface area (Å²) in [4.78, 5) is 86.3. The lowest BCUT2D eigenvalue weighted by Gasteiger charge is -2.32. The Labute approximate surface area is 400 Å². The molecular formula is C52H70N8O8. The largest absolute Gasteiger partial charge is 0.492 e. The molecule has 7 N–H and O–H groups in total. The van der Waals surface area contributed by atoms with Crippen molar-refractivity contribution in [2.24, 2.45) is 50.4 Å². The number of nitrogens with zero attached hydrogens (tertiary/aromatic N) is 4. The van der Waals surface area contributed by atoms with Gasteiger partial charge in [0.15, 0.2) is 23.1 Å². The summed E-state index contributed by atoms with van der Waals surface area (Å²) in [5.74, 6) is -4.16. The molecule has 2 amide bonds. The minimum absolute atomic E-state index is 0.0314. The van der Waals surface area contributed by atoms with E-state index in [2.05, 4.69) is 27.7 Å². The van der Waals surface area contributed by atoms with Gasteiger partial charge in [-0.15, -0.1) is 5.10 Å². The van der Waals surface area contributed by atoms with Crippen molar-refractivity contribution in [1.29, 1.82) is 0 Å². The van der Waals surface area contributed by atoms with E-state index in [9.17, 15) is 28.8 Å². The molecule has 0 fully saturated rings. The van der Waals surface area contributed by atoms with Gasteiger partial charge in [-0.2, -0.15) is 5.11 Å². The number of aryl methyl sites for hydroxylation is 2. The molecule has 0 saturated heterocycles. The molecule has 0 aromatic heterocycles. The standard InChI is InChI=1S/C52H70N8O8/c1-6-7-8-9-10-11-35-12-15-39(32(2)24-35)44(61)30-38(18-19-53)52(66)60(5)49-37-14-17-48(68-23-21-55)41(29-37)40-27-36(13-16-47(40)67-22-20-54)28-42(57-51(65)34(4)26-46(49)63)45(62)25-33(3)50(64)43-31-56-59-58-43/h12-17,24,27,29,33-34,38,42,49H,6-11,18-23,25-26,28,30-31,53-55H2,1-5H3,(H,57,65)/t33-,34-,38-,42+,49+/m1/s1. The molecule has 2 aliphatic rings. The lowest BCUT2D eigenvalue weighted by atomic mass is 9.87. The van der Waals surface area contributed by atoms with E-state index in [1.54, 1.807) is 44.2 Å². The normalized spacial score (nSPS) is 17.9. The monoisotopic (exact) mass is 935 g/mol. The highest BCUT2D eigenvalue weighted by Gasteiger charge is 2.37. The molecule has 3 aromatic carbocycles. The van der Waals surface area contributed by atoms with Gasteiger partial charge in [-0.1, -0.05) is 76.8 Å². The molecule has 0 spiro atoms. The van der Waals surface area contributed by atoms with Crippen molar-refractivity contribution in [2.45, 2.75) is 110 Å². The smallest absolute Gasteiger partial charge is 0.226 e. The molecule has 0 aliphatic carbocycles. The Hall–Kier alpha value is -5.97. The summed E-state index contributed by atoms with van der Waals surface area (Å²) < 4.78 is 12.3. The minimum Gasteiger partial charge on any atom is -0.492 e. The van der Waals surface area contributed by atoms with E-state index in [1.165, 1.54) is 31.2 Å². The molecule has 16 heteroatoms. The predicted molar refractivity (Wildman–Crippen MR) is 262 cm³/mol. The zero-order chi connectivity index (χ0) is 49.3. The Morgan fingerprint density at radius 1 is 0.853 bits per heavy atom. The highest BCUT2D eigenvalue weighted by Crippen LogP contribution is 2.41. The maximum atomic E-state index is 14.8. The maximum Gasteiger partial charge on any atom is 0.226 e. The van der Waals surface area contributed by atoms with Gasteiger partial charge in [-0.25, -0.2) is 0 Å². The number of unbranched alkanes of at least 4 members (excludes halogenated alkanes) is 4. The van der Waals surface area contributed by atoms with E-state index >= 15 is 0 Å². The summed E-state index contributed by atoms with van der Waals surface area (Å²) in [7, 11) is 1.53. The Bertz CT molecular complexity index is 2350. The lowest BCUT2D eigenvalue weighted by Crippen LogP contribution is -2.46. The summed E-state index contributed by atoms with van der Waals surface area (Å²) >= 11 is 0. The van der Waals surface area contributed by atoms with Crippen molar-refractivity contribution in [3.63, 3.8) is 0 Å². The van der Waals surface area contributed by atoms with Gasteiger partial charge >= 0.3 is 0 Å². The van der Waals surface area contributed by atoms with Crippen LogP contribution in [0.3, 0.4) is 0 Å². The van der Waals surface area contributed by atoms with Gasteiger partial charge in [0, 0.05) is 73.8 Å². The molecule has 16 nitrogen and oxygen atoms in total. The van der Waals surface area contributed by atoms with Gasteiger partial charge in [0.2, 0.25) is 11.8 Å². The fraction of sp³-hybridized carbons (Fsp3) is 0.519. The van der Waals surface area contributed by atoms with Gasteiger partial charge in [-0.05, 0) is 90.9 Å². The van der Waals surface area contributed by atoms with E-state index in [1.807, 2.05) is 31.2 Å². The Balaban J connectivity index is 1.53. The average Bonchev–Trinajstić information content (AvgIpc) is 3.87. The highest BCUT2D eigenvalue weighted by molar-refractivity contribution is 6.41. The number of likely N-dealkylation sites (N-methyl/N-ethyl adjacent to an activating group) is 1. The van der Waals surface area contributed by atoms with Crippen LogP contribution >= 0.6 is 0 Å². The van der Waals surface area contributed by atoms with E-state index < -0.39 is 53.2 Å². The summed E-state index contributed by atoms with van der Waals surface area (Å²) in [5.41, 5.74) is 22.7. The number of fused-ring (bicyclic) bond motifs is 5. The number of carbonyl (C=O) groups is 6. The molecule has 2 aliphatic heterocycles. The molecule has 5 rings (SSSR count). The van der Waals surface area contributed by atoms with Crippen LogP contribution < -0.4 is 32.0 Å². The SMILES string of the molecule is CCCCCCCc1ccc(C(=O)C[C@@H](CCN)C(=O)N(C)[C@@H]2C(=O)C[C@@H](C)C(=O)N[C@H](C(=O)C[C@@H](C)C(=O)C3=NN=NC3)Cc3ccc(OCCN)c(c3)-c3cc2ccc3OCCN)c(C)c1. The van der Waals surface area contributed by atoms with Crippen LogP contribution in [0, 0.1) is 24.7 Å². The predicted octanol–water partition coefficient (Wildman–Crippen LogP) is 6.21. The van der Waals surface area contributed by atoms with Crippen LogP contribution in [-0.2, 0) is 36.8 Å². The number of ether oxygens (including phenoxy) is 2. The summed E-state index contributed by atoms with van der Waals surface area (Å²) in [5, 5.41) is 14.0. The zero-order valence-corrected chi connectivity index (χ0v) is 40.4. The second kappa shape index (κ2) is 26.0. The number of hydrogen-bond acceptors (Lipinski definition) is 14. The van der Waals surface area contributed by atoms with Gasteiger partial charge in [0.1, 0.15) is 43.0 Å². The van der Waals surface area contributed by atoms with Crippen LogP contribution in [0.4, 0.5) is 0 Å². The molecular weight excluding hydrogens is 865 g/mol. The van der Waals surface area contributed by atoms with Crippen molar-refractivity contribution in [2.75, 3.05) is 46.4 Å². The van der Waals surface area contributed by atoms with Gasteiger partial charge in [0.25, 0.3) is 0 Å². The third-order valence-corrected chi connectivity index (χ3v) is 12.7. The fourth-order valence-electron chi connectivity index (χ4n) is 8.91. The number of amides is 2. The highest BCUT2D eigenvalue weighted by atomic mass is 16.5. The molecule has 2 heterocycles. The van der Waals surface area contributed by atoms with Crippen molar-refractivity contribution >= 4 is 40.7 Å². The van der Waals surface area contributed by atoms with E-state index in [0.29, 0.717) is 39.3 Å². The van der Waals surface area contributed by atoms with E-state index in [0.717, 1.165) is 30.4 Å². The topological polar surface area (TPSA) is 251 Å². The first-order valence-corrected chi connectivity index (χ1v) is 24.1. The number of hydrogen-bond donors (Lipinski definition) is 4. The van der Waals surface area contributed by atoms with Crippen LogP contribution in [0.15, 0.2) is 70.0 Å². The third-order valence-electron chi connectivity index (χ3n) is 12.7. The van der Waals surface area contributed by atoms with Crippen molar-refractivity contribution in [3.05, 3.63) is 82.4 Å². The van der Waals surface area contributed by atoms with Crippen molar-refractivity contribution < 1.29 is 38.2 Å². The second-order valence-corrected chi connectivity index (χ2v) is 18.1. The number of benzene rings is 3. The molecule has 5 atom stereocenters. The number of rotatable bonds is 24. The minimum atomic E-state index is -1.23. The van der Waals surface area contributed by atoms with E-state index in [4.69, 9.17) is 26.7 Å². The average molecular weight is 935 g/mol. The van der Waals surface area contributed by atoms with Crippen LogP contribution in [0.2, 0.25) is 0 Å². The first kappa shape index (κ1) is 53.0. The first-order valence-electron chi connectivity index (χ1n) is 24.1. The number of Topliss-reactive ketones (excluding diaryl/α,β-unsaturated/α-hetero) is 4. The second-order valence-electron chi connectivity index (χ2n) is 18.1. The molecule has 0 unspecified atom stereocenters. The fourth-order valence-corrected chi connectivity index (χ4v) is 8.91. The van der Waals surface area contributed by atoms with Gasteiger partial charge in [0.05, 0.1) is 6.04 Å². The van der Waals surface area contributed by atoms with Crippen LogP contribution in [0.25, 0.3) is 11.1 Å². The maximum absolute atomic E-state index is 14.8. The first-order chi connectivity index (χ1) is 32.7. The third kappa shape index (κ3) is 14.0. The van der Waals surface area contributed by atoms with E-state index in [-0.39, 0.29) is 88.8 Å². The van der Waals surface area contributed by atoms with Crippen molar-refractivity contribution in [1.82, 2.24) is 10.2 Å². The molecule has 0 saturated carbocycles. The molecule has 68 heavy (non-hydrogen) atoms. The summed E-state index contributed by atoms with van der Waals surface area (Å²) in [6, 6.07) is 14.1. The Morgan fingerprint density at radius 3 is 2.19 bits per heavy atom.